The molecule has 1 aromatic carbocycles. The predicted octanol–water partition coefficient (Wildman–Crippen LogP) is 2.69. The molecule has 6 heteroatoms. The van der Waals surface area contributed by atoms with Crippen LogP contribution in [0, 0.1) is 5.92 Å². The van der Waals surface area contributed by atoms with E-state index in [9.17, 15) is 9.90 Å². The van der Waals surface area contributed by atoms with Crippen LogP contribution in [0.15, 0.2) is 28.7 Å². The van der Waals surface area contributed by atoms with E-state index in [1.807, 2.05) is 13.0 Å². The van der Waals surface area contributed by atoms with Crippen LogP contribution in [0.3, 0.4) is 0 Å². The normalized spacial score (nSPS) is 16.1. The van der Waals surface area contributed by atoms with Crippen molar-refractivity contribution in [1.82, 2.24) is 4.98 Å². The second kappa shape index (κ2) is 6.29. The highest BCUT2D eigenvalue weighted by molar-refractivity contribution is 5.75. The molecular formula is C17H24N2O4. The molecular weight excluding hydrogens is 296 g/mol. The van der Waals surface area contributed by atoms with Crippen LogP contribution >= 0.6 is 0 Å². The highest BCUT2D eigenvalue weighted by Gasteiger charge is 2.45. The molecule has 1 aromatic heterocycles. The Morgan fingerprint density at radius 2 is 2.04 bits per heavy atom. The molecule has 0 saturated heterocycles. The van der Waals surface area contributed by atoms with Gasteiger partial charge in [0.05, 0.1) is 0 Å². The van der Waals surface area contributed by atoms with E-state index in [2.05, 4.69) is 4.98 Å². The number of esters is 1. The number of aliphatic hydroxyl groups is 1. The molecule has 126 valence electrons. The lowest BCUT2D eigenvalue weighted by molar-refractivity contribution is -0.173. The molecule has 0 bridgehead atoms. The van der Waals surface area contributed by atoms with Gasteiger partial charge < -0.3 is 14.3 Å². The maximum absolute atomic E-state index is 12.5. The van der Waals surface area contributed by atoms with Crippen molar-refractivity contribution in [2.24, 2.45) is 11.7 Å². The summed E-state index contributed by atoms with van der Waals surface area (Å²) in [5.41, 5.74) is 4.43. The number of hydrogen-bond donors (Lipinski definition) is 2. The third kappa shape index (κ3) is 3.89. The van der Waals surface area contributed by atoms with Gasteiger partial charge in [0.1, 0.15) is 17.0 Å². The van der Waals surface area contributed by atoms with Crippen LogP contribution in [0.5, 0.6) is 0 Å². The third-order valence-electron chi connectivity index (χ3n) is 3.44. The van der Waals surface area contributed by atoms with Gasteiger partial charge in [0, 0.05) is 0 Å². The minimum atomic E-state index is -2.03. The first-order chi connectivity index (χ1) is 10.6. The summed E-state index contributed by atoms with van der Waals surface area (Å²) < 4.78 is 10.9. The van der Waals surface area contributed by atoms with E-state index >= 15 is 0 Å². The van der Waals surface area contributed by atoms with Crippen molar-refractivity contribution in [3.05, 3.63) is 30.2 Å². The smallest absolute Gasteiger partial charge is 0.314 e. The molecule has 0 spiro atoms. The predicted molar refractivity (Wildman–Crippen MR) is 86.3 cm³/mol. The van der Waals surface area contributed by atoms with E-state index in [1.165, 1.54) is 0 Å². The van der Waals surface area contributed by atoms with Crippen LogP contribution in [0.1, 0.15) is 46.4 Å². The minimum Gasteiger partial charge on any atom is -0.460 e. The van der Waals surface area contributed by atoms with Gasteiger partial charge in [-0.25, -0.2) is 4.98 Å². The molecule has 0 saturated carbocycles. The van der Waals surface area contributed by atoms with Crippen LogP contribution in [-0.4, -0.2) is 21.7 Å². The number of benzene rings is 1. The van der Waals surface area contributed by atoms with Crippen molar-refractivity contribution >= 4 is 17.1 Å². The van der Waals surface area contributed by atoms with Crippen molar-refractivity contribution in [1.29, 1.82) is 0 Å². The second-order valence-electron chi connectivity index (χ2n) is 6.69. The molecule has 1 heterocycles. The van der Waals surface area contributed by atoms with Crippen molar-refractivity contribution in [2.45, 2.75) is 51.9 Å². The van der Waals surface area contributed by atoms with Gasteiger partial charge in [-0.15, -0.1) is 0 Å². The first-order valence-electron chi connectivity index (χ1n) is 7.75. The largest absolute Gasteiger partial charge is 0.460 e. The van der Waals surface area contributed by atoms with E-state index in [0.717, 1.165) is 0 Å². The Morgan fingerprint density at radius 3 is 2.61 bits per heavy atom. The second-order valence-corrected chi connectivity index (χ2v) is 6.69. The SMILES string of the molecule is CCCC(C(=O)OC(C)(C)C)[C@](N)(O)c1nc2ccccc2o1. The number of carbonyl (C=O) groups is 1. The van der Waals surface area contributed by atoms with Gasteiger partial charge in [0.2, 0.25) is 11.6 Å². The number of rotatable bonds is 5. The Bertz CT molecular complexity index is 652. The Hall–Kier alpha value is -1.92. The van der Waals surface area contributed by atoms with E-state index in [-0.39, 0.29) is 5.89 Å². The highest BCUT2D eigenvalue weighted by Crippen LogP contribution is 2.31. The fourth-order valence-corrected chi connectivity index (χ4v) is 2.37. The molecule has 0 radical (unpaired) electrons. The summed E-state index contributed by atoms with van der Waals surface area (Å²) >= 11 is 0. The van der Waals surface area contributed by atoms with Crippen LogP contribution in [0.25, 0.3) is 11.1 Å². The molecule has 2 aromatic rings. The molecule has 0 aliphatic heterocycles. The lowest BCUT2D eigenvalue weighted by atomic mass is 9.91. The highest BCUT2D eigenvalue weighted by atomic mass is 16.6. The number of ether oxygens (including phenoxy) is 1. The summed E-state index contributed by atoms with van der Waals surface area (Å²) in [6.45, 7) is 7.20. The Balaban J connectivity index is 2.37. The van der Waals surface area contributed by atoms with Gasteiger partial charge in [-0.3, -0.25) is 10.5 Å². The van der Waals surface area contributed by atoms with E-state index < -0.39 is 23.2 Å². The summed E-state index contributed by atoms with van der Waals surface area (Å²) in [5.74, 6) is -1.60. The number of para-hydroxylation sites is 2. The Labute approximate surface area is 135 Å². The third-order valence-corrected chi connectivity index (χ3v) is 3.44. The quantitative estimate of drug-likeness (QED) is 0.649. The number of aromatic nitrogens is 1. The van der Waals surface area contributed by atoms with Gasteiger partial charge in [0.25, 0.3) is 0 Å². The summed E-state index contributed by atoms with van der Waals surface area (Å²) in [7, 11) is 0. The van der Waals surface area contributed by atoms with Crippen LogP contribution in [0.2, 0.25) is 0 Å². The molecule has 23 heavy (non-hydrogen) atoms. The topological polar surface area (TPSA) is 98.6 Å². The Kier molecular flexibility index (Phi) is 4.77. The first kappa shape index (κ1) is 17.4. The summed E-state index contributed by atoms with van der Waals surface area (Å²) in [6.07, 6.45) is 1.02. The van der Waals surface area contributed by atoms with Crippen molar-refractivity contribution < 1.29 is 19.1 Å². The Morgan fingerprint density at radius 1 is 1.39 bits per heavy atom. The lowest BCUT2D eigenvalue weighted by Crippen LogP contribution is -2.49. The summed E-state index contributed by atoms with van der Waals surface area (Å²) in [4.78, 5) is 16.7. The molecule has 3 N–H and O–H groups in total. The van der Waals surface area contributed by atoms with Crippen LogP contribution in [0.4, 0.5) is 0 Å². The number of oxazole rings is 1. The molecule has 0 aliphatic rings. The fourth-order valence-electron chi connectivity index (χ4n) is 2.37. The molecule has 0 amide bonds. The maximum Gasteiger partial charge on any atom is 0.314 e. The average molecular weight is 320 g/mol. The molecule has 0 fully saturated rings. The maximum atomic E-state index is 12.5. The zero-order valence-electron chi connectivity index (χ0n) is 14.0. The van der Waals surface area contributed by atoms with Gasteiger partial charge in [-0.1, -0.05) is 25.5 Å². The first-order valence-corrected chi connectivity index (χ1v) is 7.75. The van der Waals surface area contributed by atoms with Crippen molar-refractivity contribution in [3.63, 3.8) is 0 Å². The minimum absolute atomic E-state index is 0.0805. The summed E-state index contributed by atoms with van der Waals surface area (Å²) in [5, 5.41) is 10.8. The monoisotopic (exact) mass is 320 g/mol. The van der Waals surface area contributed by atoms with Crippen LogP contribution in [-0.2, 0) is 15.3 Å². The zero-order valence-corrected chi connectivity index (χ0v) is 14.0. The number of nitrogens with two attached hydrogens (primary N) is 1. The molecule has 2 atom stereocenters. The molecule has 6 nitrogen and oxygen atoms in total. The lowest BCUT2D eigenvalue weighted by Gasteiger charge is -2.30. The average Bonchev–Trinajstić information content (AvgIpc) is 2.87. The fraction of sp³-hybridized carbons (Fsp3) is 0.529. The molecule has 1 unspecified atom stereocenters. The van der Waals surface area contributed by atoms with E-state index in [1.54, 1.807) is 39.0 Å². The number of fused-ring (bicyclic) bond motifs is 1. The number of nitrogens with zero attached hydrogens (tertiary/aromatic N) is 1. The summed E-state index contributed by atoms with van der Waals surface area (Å²) in [6, 6.07) is 7.08. The van der Waals surface area contributed by atoms with E-state index in [0.29, 0.717) is 23.9 Å². The van der Waals surface area contributed by atoms with Gasteiger partial charge in [0.15, 0.2) is 5.58 Å². The molecule has 2 rings (SSSR count). The van der Waals surface area contributed by atoms with Gasteiger partial charge in [-0.05, 0) is 39.3 Å². The number of hydrogen-bond acceptors (Lipinski definition) is 6. The number of carbonyl (C=O) groups excluding carboxylic acids is 1. The van der Waals surface area contributed by atoms with Crippen molar-refractivity contribution in [2.75, 3.05) is 0 Å². The van der Waals surface area contributed by atoms with Gasteiger partial charge in [-0.2, -0.15) is 0 Å². The molecule has 0 aliphatic carbocycles. The van der Waals surface area contributed by atoms with Gasteiger partial charge >= 0.3 is 5.97 Å². The van der Waals surface area contributed by atoms with E-state index in [4.69, 9.17) is 14.9 Å². The standard InChI is InChI=1S/C17H24N2O4/c1-5-8-11(14(20)23-16(2,3)4)17(18,21)15-19-12-9-6-7-10-13(12)22-15/h6-7,9-11,21H,5,8,18H2,1-4H3/t11?,17-/m0/s1. The zero-order chi connectivity index (χ0) is 17.3. The van der Waals surface area contributed by atoms with Crippen LogP contribution < -0.4 is 5.73 Å². The van der Waals surface area contributed by atoms with Crippen molar-refractivity contribution in [3.8, 4) is 0 Å².